The number of hydrogen-bond donors (Lipinski definition) is 0. The molecular weight excluding hydrogens is 1070 g/mol. The number of hydrogen-bond acceptors (Lipinski definition) is 13. The molecule has 4 aliphatic heterocycles. The van der Waals surface area contributed by atoms with Gasteiger partial charge in [0.25, 0.3) is 0 Å². The predicted octanol–water partition coefficient (Wildman–Crippen LogP) is 10.9. The molecule has 17 heteroatoms. The number of benzene rings is 7. The van der Waals surface area contributed by atoms with Gasteiger partial charge in [0.05, 0.1) is 157 Å². The number of ether oxygens (including phenoxy) is 4. The van der Waals surface area contributed by atoms with Crippen LogP contribution in [0.5, 0.6) is 0 Å². The Labute approximate surface area is 496 Å². The molecule has 7 aromatic carbocycles. The highest BCUT2D eigenvalue weighted by Gasteiger charge is 2.44. The number of aromatic nitrogens is 8. The standard InChI is InChI=1S/C20H14N4O.C19H15N3O.C17H13N3O.C13H11N3O/c21-11-15-1-5-17(6-2-15)20(18-7-3-16(12-22)4-8-18)19-13-23-14-24(19)9-10-25-20;20-12-15-6-8-17(9-7-15)19(16-4-2-1-3-5-16)18-13-21-14-22(18)10-11-23-19;18-9-12-5-6-15(14-4-2-1-3-13(12)14)17-16-10-19-11-20(16)7-8-21-17;14-7-10-1-3-11(4-2-10)13-12-8-15-9-16(12)5-6-17-13/h1-8,13-14H,9-10H2;1-9,13-14H,10-11H2;1-6,10-11,17H,7-8H2;1-4,8-9,13H,5-6H2. The quantitative estimate of drug-likeness (QED) is 0.151. The Bertz CT molecular complexity index is 4340. The normalized spacial score (nSPS) is 17.5. The first kappa shape index (κ1) is 55.5. The van der Waals surface area contributed by atoms with Gasteiger partial charge in [0.15, 0.2) is 11.2 Å². The number of nitriles is 5. The summed E-state index contributed by atoms with van der Waals surface area (Å²) in [7, 11) is 0. The smallest absolute Gasteiger partial charge is 0.160 e. The van der Waals surface area contributed by atoms with Crippen LogP contribution in [0, 0.1) is 56.7 Å². The molecule has 17 nitrogen and oxygen atoms in total. The molecule has 11 aromatic rings. The van der Waals surface area contributed by atoms with Crippen molar-refractivity contribution in [1.29, 1.82) is 26.3 Å². The molecule has 0 saturated carbocycles. The van der Waals surface area contributed by atoms with Crippen molar-refractivity contribution in [2.45, 2.75) is 49.6 Å². The molecule has 0 N–H and O–H groups in total. The molecule has 3 atom stereocenters. The maximum absolute atomic E-state index is 9.27. The lowest BCUT2D eigenvalue weighted by Crippen LogP contribution is -2.40. The average Bonchev–Trinajstić information content (AvgIpc) is 1.57. The molecule has 4 aromatic heterocycles. The lowest BCUT2D eigenvalue weighted by Gasteiger charge is -2.39. The van der Waals surface area contributed by atoms with E-state index in [-0.39, 0.29) is 12.2 Å². The zero-order chi connectivity index (χ0) is 58.9. The summed E-state index contributed by atoms with van der Waals surface area (Å²) in [6, 6.07) is 62.8. The number of imidazole rings is 4. The van der Waals surface area contributed by atoms with Crippen molar-refractivity contribution in [3.8, 4) is 30.3 Å². The maximum atomic E-state index is 9.27. The number of fused-ring (bicyclic) bond motifs is 5. The van der Waals surface area contributed by atoms with Gasteiger partial charge in [-0.1, -0.05) is 109 Å². The Hall–Kier alpha value is -11.1. The van der Waals surface area contributed by atoms with Crippen LogP contribution in [0.25, 0.3) is 10.8 Å². The van der Waals surface area contributed by atoms with Crippen LogP contribution in [0.2, 0.25) is 0 Å². The highest BCUT2D eigenvalue weighted by Crippen LogP contribution is 2.44. The lowest BCUT2D eigenvalue weighted by molar-refractivity contribution is -0.0177. The van der Waals surface area contributed by atoms with E-state index in [0.717, 1.165) is 93.1 Å². The van der Waals surface area contributed by atoms with Gasteiger partial charge in [0, 0.05) is 26.2 Å². The molecule has 15 rings (SSSR count). The Morgan fingerprint density at radius 1 is 0.372 bits per heavy atom. The molecular formula is C69H53N13O4. The minimum atomic E-state index is -0.809. The summed E-state index contributed by atoms with van der Waals surface area (Å²) in [6.45, 7) is 5.73. The molecule has 3 unspecified atom stereocenters. The van der Waals surface area contributed by atoms with Crippen molar-refractivity contribution < 1.29 is 18.9 Å². The Kier molecular flexibility index (Phi) is 16.0. The third kappa shape index (κ3) is 10.6. The van der Waals surface area contributed by atoms with Crippen LogP contribution in [-0.2, 0) is 56.3 Å². The van der Waals surface area contributed by atoms with Gasteiger partial charge >= 0.3 is 0 Å². The largest absolute Gasteiger partial charge is 0.365 e. The first-order valence-electron chi connectivity index (χ1n) is 27.9. The van der Waals surface area contributed by atoms with E-state index in [2.05, 4.69) is 80.7 Å². The van der Waals surface area contributed by atoms with Crippen LogP contribution >= 0.6 is 0 Å². The molecule has 0 radical (unpaired) electrons. The van der Waals surface area contributed by atoms with Crippen LogP contribution in [0.3, 0.4) is 0 Å². The monoisotopic (exact) mass is 1130 g/mol. The van der Waals surface area contributed by atoms with Gasteiger partial charge in [-0.05, 0) is 98.8 Å². The van der Waals surface area contributed by atoms with Crippen molar-refractivity contribution in [2.24, 2.45) is 0 Å². The maximum Gasteiger partial charge on any atom is 0.160 e. The van der Waals surface area contributed by atoms with E-state index in [0.29, 0.717) is 54.2 Å². The van der Waals surface area contributed by atoms with Gasteiger partial charge in [0.2, 0.25) is 0 Å². The van der Waals surface area contributed by atoms with Gasteiger partial charge in [-0.3, -0.25) is 0 Å². The van der Waals surface area contributed by atoms with Gasteiger partial charge in [-0.2, -0.15) is 26.3 Å². The fourth-order valence-electron chi connectivity index (χ4n) is 11.7. The van der Waals surface area contributed by atoms with E-state index in [4.69, 9.17) is 40.0 Å². The fourth-order valence-corrected chi connectivity index (χ4v) is 11.7. The summed E-state index contributed by atoms with van der Waals surface area (Å²) in [5.74, 6) is 0. The Morgan fingerprint density at radius 2 is 0.767 bits per heavy atom. The zero-order valence-electron chi connectivity index (χ0n) is 46.5. The zero-order valence-corrected chi connectivity index (χ0v) is 46.5. The third-order valence-electron chi connectivity index (χ3n) is 15.9. The predicted molar refractivity (Wildman–Crippen MR) is 316 cm³/mol. The molecule has 86 heavy (non-hydrogen) atoms. The minimum absolute atomic E-state index is 0.0704. The van der Waals surface area contributed by atoms with Crippen LogP contribution < -0.4 is 0 Å². The topological polar surface area (TPSA) is 227 Å². The van der Waals surface area contributed by atoms with E-state index in [1.54, 1.807) is 30.6 Å². The molecule has 0 aliphatic carbocycles. The first-order valence-corrected chi connectivity index (χ1v) is 27.9. The van der Waals surface area contributed by atoms with Crippen molar-refractivity contribution in [2.75, 3.05) is 26.4 Å². The highest BCUT2D eigenvalue weighted by molar-refractivity contribution is 5.91. The number of rotatable bonds is 6. The van der Waals surface area contributed by atoms with Crippen LogP contribution in [0.15, 0.2) is 214 Å². The van der Waals surface area contributed by atoms with E-state index >= 15 is 0 Å². The van der Waals surface area contributed by atoms with Gasteiger partial charge in [0.1, 0.15) is 12.2 Å². The molecule has 418 valence electrons. The van der Waals surface area contributed by atoms with E-state index in [1.807, 2.05) is 171 Å². The molecule has 4 aliphatic rings. The molecule has 0 fully saturated rings. The minimum Gasteiger partial charge on any atom is -0.365 e. The summed E-state index contributed by atoms with van der Waals surface area (Å²) in [6.07, 6.45) is 14.5. The summed E-state index contributed by atoms with van der Waals surface area (Å²) >= 11 is 0. The summed E-state index contributed by atoms with van der Waals surface area (Å²) in [5, 5.41) is 47.3. The summed E-state index contributed by atoms with van der Waals surface area (Å²) < 4.78 is 32.9. The Morgan fingerprint density at radius 3 is 1.24 bits per heavy atom. The van der Waals surface area contributed by atoms with Gasteiger partial charge in [-0.15, -0.1) is 0 Å². The molecule has 0 spiro atoms. The highest BCUT2D eigenvalue weighted by atomic mass is 16.5. The van der Waals surface area contributed by atoms with E-state index in [1.165, 1.54) is 0 Å². The summed E-state index contributed by atoms with van der Waals surface area (Å²) in [5.41, 5.74) is 11.9. The van der Waals surface area contributed by atoms with Crippen molar-refractivity contribution >= 4 is 10.8 Å². The molecule has 0 bridgehead atoms. The van der Waals surface area contributed by atoms with E-state index in [9.17, 15) is 5.26 Å². The fraction of sp³-hybridized carbons (Fsp3) is 0.174. The van der Waals surface area contributed by atoms with Gasteiger partial charge < -0.3 is 37.2 Å². The second kappa shape index (κ2) is 24.8. The number of nitrogens with zero attached hydrogens (tertiary/aromatic N) is 13. The van der Waals surface area contributed by atoms with Crippen LogP contribution in [-0.4, -0.2) is 64.6 Å². The summed E-state index contributed by atoms with van der Waals surface area (Å²) in [4.78, 5) is 17.0. The van der Waals surface area contributed by atoms with Crippen LogP contribution in [0.4, 0.5) is 0 Å². The van der Waals surface area contributed by atoms with Crippen molar-refractivity contribution in [3.63, 3.8) is 0 Å². The SMILES string of the molecule is N#Cc1ccc(C2(c3ccc(C#N)cc3)OCCn3cncc32)cc1.N#Cc1ccc(C2(c3ccccc3)OCCn3cncc32)cc1.N#Cc1ccc(C2OCCn3cncc32)c2ccccc12.N#Cc1ccc(C2OCCn3cncc32)cc1. The molecule has 0 saturated heterocycles. The average molecular weight is 1130 g/mol. The Balaban J connectivity index is 0.000000113. The second-order valence-electron chi connectivity index (χ2n) is 20.6. The van der Waals surface area contributed by atoms with E-state index < -0.39 is 11.2 Å². The van der Waals surface area contributed by atoms with Gasteiger partial charge in [-0.25, -0.2) is 19.9 Å². The van der Waals surface area contributed by atoms with Crippen LogP contribution in [0.1, 0.15) is 96.2 Å². The lowest BCUT2D eigenvalue weighted by atomic mass is 9.82. The molecule has 0 amide bonds. The van der Waals surface area contributed by atoms with Crippen molar-refractivity contribution in [3.05, 3.63) is 298 Å². The molecule has 8 heterocycles. The third-order valence-corrected chi connectivity index (χ3v) is 15.9. The van der Waals surface area contributed by atoms with Crippen molar-refractivity contribution in [1.82, 2.24) is 38.2 Å². The first-order chi connectivity index (χ1) is 42.4. The second-order valence-corrected chi connectivity index (χ2v) is 20.6.